The molecule has 0 unspecified atom stereocenters. The maximum Gasteiger partial charge on any atom is 0.246 e. The summed E-state index contributed by atoms with van der Waals surface area (Å²) in [5.74, 6) is 0.153. The highest BCUT2D eigenvalue weighted by molar-refractivity contribution is 7.89. The van der Waals surface area contributed by atoms with Gasteiger partial charge in [-0.05, 0) is 31.2 Å². The minimum absolute atomic E-state index is 0.0387. The second-order valence-electron chi connectivity index (χ2n) is 6.63. The smallest absolute Gasteiger partial charge is 0.246 e. The molecule has 0 amide bonds. The highest BCUT2D eigenvalue weighted by Gasteiger charge is 2.24. The van der Waals surface area contributed by atoms with Crippen molar-refractivity contribution in [1.29, 1.82) is 0 Å². The lowest BCUT2D eigenvalue weighted by atomic mass is 10.0. The van der Waals surface area contributed by atoms with Crippen LogP contribution in [0.3, 0.4) is 0 Å². The molecule has 28 heavy (non-hydrogen) atoms. The van der Waals surface area contributed by atoms with Crippen LogP contribution in [0, 0.1) is 0 Å². The fourth-order valence-corrected chi connectivity index (χ4v) is 4.06. The fourth-order valence-electron chi connectivity index (χ4n) is 2.99. The number of aromatic amines is 1. The number of Topliss-reactive ketones (excluding diaryl/α,β-unsaturated/α-hetero) is 1. The van der Waals surface area contributed by atoms with Gasteiger partial charge in [-0.25, -0.2) is 12.7 Å². The van der Waals surface area contributed by atoms with Crippen LogP contribution in [-0.2, 0) is 10.0 Å². The van der Waals surface area contributed by atoms with Gasteiger partial charge >= 0.3 is 0 Å². The van der Waals surface area contributed by atoms with Crippen LogP contribution in [0.1, 0.15) is 17.3 Å². The van der Waals surface area contributed by atoms with Gasteiger partial charge in [0.05, 0.1) is 13.2 Å². The van der Waals surface area contributed by atoms with E-state index in [0.717, 1.165) is 15.2 Å². The number of H-pyrrole nitrogens is 1. The Kier molecular flexibility index (Phi) is 5.44. The molecule has 1 heterocycles. The molecule has 0 aliphatic rings. The molecular weight excluding hydrogens is 378 g/mol. The largest absolute Gasteiger partial charge is 0.495 e. The Morgan fingerprint density at radius 2 is 1.89 bits per heavy atom. The summed E-state index contributed by atoms with van der Waals surface area (Å²) >= 11 is 0. The van der Waals surface area contributed by atoms with Crippen molar-refractivity contribution in [2.24, 2.45) is 0 Å². The van der Waals surface area contributed by atoms with Crippen LogP contribution in [0.4, 0.5) is 5.69 Å². The number of benzene rings is 2. The average molecular weight is 401 g/mol. The first kappa shape index (κ1) is 19.9. The molecule has 1 atom stereocenters. The van der Waals surface area contributed by atoms with Crippen LogP contribution in [0.2, 0.25) is 0 Å². The van der Waals surface area contributed by atoms with Gasteiger partial charge in [-0.15, -0.1) is 0 Å². The van der Waals surface area contributed by atoms with E-state index >= 15 is 0 Å². The van der Waals surface area contributed by atoms with Crippen LogP contribution in [-0.4, -0.2) is 50.7 Å². The molecule has 2 aromatic carbocycles. The zero-order chi connectivity index (χ0) is 20.5. The molecule has 0 saturated heterocycles. The van der Waals surface area contributed by atoms with Crippen molar-refractivity contribution in [3.05, 3.63) is 54.2 Å². The summed E-state index contributed by atoms with van der Waals surface area (Å²) in [5.41, 5.74) is 1.99. The first-order valence-electron chi connectivity index (χ1n) is 8.73. The molecule has 0 aliphatic carbocycles. The molecule has 1 aromatic heterocycles. The van der Waals surface area contributed by atoms with E-state index in [1.807, 2.05) is 24.3 Å². The molecule has 0 aliphatic heterocycles. The van der Waals surface area contributed by atoms with Gasteiger partial charge < -0.3 is 15.0 Å². The Balaban J connectivity index is 1.90. The van der Waals surface area contributed by atoms with E-state index < -0.39 is 16.1 Å². The number of hydrogen-bond donors (Lipinski definition) is 2. The Morgan fingerprint density at radius 1 is 1.18 bits per heavy atom. The van der Waals surface area contributed by atoms with Gasteiger partial charge in [0.25, 0.3) is 0 Å². The zero-order valence-corrected chi connectivity index (χ0v) is 17.0. The van der Waals surface area contributed by atoms with Crippen molar-refractivity contribution in [3.63, 3.8) is 0 Å². The lowest BCUT2D eigenvalue weighted by Gasteiger charge is -2.18. The summed E-state index contributed by atoms with van der Waals surface area (Å²) in [5, 5.41) is 3.95. The number of rotatable bonds is 7. The van der Waals surface area contributed by atoms with Gasteiger partial charge in [0.1, 0.15) is 10.6 Å². The zero-order valence-electron chi connectivity index (χ0n) is 16.2. The van der Waals surface area contributed by atoms with E-state index in [1.54, 1.807) is 25.3 Å². The van der Waals surface area contributed by atoms with E-state index in [0.29, 0.717) is 11.3 Å². The summed E-state index contributed by atoms with van der Waals surface area (Å²) in [4.78, 5) is 16.0. The van der Waals surface area contributed by atoms with Gasteiger partial charge in [-0.3, -0.25) is 4.79 Å². The monoisotopic (exact) mass is 401 g/mol. The number of nitrogens with zero attached hydrogens (tertiary/aromatic N) is 1. The van der Waals surface area contributed by atoms with Gasteiger partial charge in [-0.2, -0.15) is 0 Å². The molecule has 0 spiro atoms. The minimum Gasteiger partial charge on any atom is -0.495 e. The van der Waals surface area contributed by atoms with Crippen LogP contribution >= 0.6 is 0 Å². The first-order chi connectivity index (χ1) is 13.3. The van der Waals surface area contributed by atoms with Crippen LogP contribution in [0.25, 0.3) is 10.9 Å². The number of ether oxygens (including phenoxy) is 1. The summed E-state index contributed by atoms with van der Waals surface area (Å²) in [7, 11) is 0.638. The second kappa shape index (κ2) is 7.65. The van der Waals surface area contributed by atoms with Crippen LogP contribution in [0.15, 0.2) is 53.6 Å². The van der Waals surface area contributed by atoms with Gasteiger partial charge in [0.15, 0.2) is 5.78 Å². The normalized spacial score (nSPS) is 12.9. The molecule has 0 bridgehead atoms. The maximum atomic E-state index is 12.9. The Labute approximate surface area is 164 Å². The number of carbonyl (C=O) groups is 1. The highest BCUT2D eigenvalue weighted by Crippen LogP contribution is 2.29. The molecule has 148 valence electrons. The molecule has 3 aromatic rings. The maximum absolute atomic E-state index is 12.9. The number of aromatic nitrogens is 1. The Hall–Kier alpha value is -2.84. The first-order valence-corrected chi connectivity index (χ1v) is 10.2. The molecule has 8 heteroatoms. The third-order valence-corrected chi connectivity index (χ3v) is 6.39. The van der Waals surface area contributed by atoms with Gasteiger partial charge in [0, 0.05) is 42.4 Å². The third-order valence-electron chi connectivity index (χ3n) is 4.55. The molecular formula is C20H23N3O4S. The second-order valence-corrected chi connectivity index (χ2v) is 8.75. The minimum atomic E-state index is -3.69. The Morgan fingerprint density at radius 3 is 2.57 bits per heavy atom. The molecule has 3 rings (SSSR count). The number of ketones is 1. The van der Waals surface area contributed by atoms with Crippen LogP contribution < -0.4 is 10.1 Å². The Bertz CT molecular complexity index is 1120. The standard InChI is InChI=1S/C20H23N3O4S/c1-13(20(24)16-12-21-17-8-6-5-7-15(16)17)22-14-9-10-18(27-4)19(11-14)28(25,26)23(2)3/h5-13,21-22H,1-4H3/t13-/m0/s1. The van der Waals surface area contributed by atoms with Gasteiger partial charge in [-0.1, -0.05) is 18.2 Å². The molecule has 0 radical (unpaired) electrons. The van der Waals surface area contributed by atoms with E-state index in [9.17, 15) is 13.2 Å². The molecule has 0 saturated carbocycles. The number of methoxy groups -OCH3 is 1. The van der Waals surface area contributed by atoms with Crippen LogP contribution in [0.5, 0.6) is 5.75 Å². The summed E-state index contributed by atoms with van der Waals surface area (Å²) in [6, 6.07) is 11.8. The number of para-hydroxylation sites is 1. The number of anilines is 1. The number of fused-ring (bicyclic) bond motifs is 1. The average Bonchev–Trinajstić information content (AvgIpc) is 3.11. The SMILES string of the molecule is COc1ccc(N[C@@H](C)C(=O)c2c[nH]c3ccccc23)cc1S(=O)(=O)N(C)C. The predicted molar refractivity (Wildman–Crippen MR) is 110 cm³/mol. The third kappa shape index (κ3) is 3.61. The van der Waals surface area contributed by atoms with Crippen molar-refractivity contribution in [2.75, 3.05) is 26.5 Å². The van der Waals surface area contributed by atoms with E-state index in [1.165, 1.54) is 27.3 Å². The predicted octanol–water partition coefficient (Wildman–Crippen LogP) is 3.11. The summed E-state index contributed by atoms with van der Waals surface area (Å²) in [6.07, 6.45) is 1.70. The number of hydrogen-bond acceptors (Lipinski definition) is 5. The van der Waals surface area contributed by atoms with E-state index in [4.69, 9.17) is 4.74 Å². The number of nitrogens with one attached hydrogen (secondary N) is 2. The van der Waals surface area contributed by atoms with E-state index in [2.05, 4.69) is 10.3 Å². The highest BCUT2D eigenvalue weighted by atomic mass is 32.2. The van der Waals surface area contributed by atoms with E-state index in [-0.39, 0.29) is 16.4 Å². The molecule has 7 nitrogen and oxygen atoms in total. The summed E-state index contributed by atoms with van der Waals surface area (Å²) < 4.78 is 31.4. The molecule has 2 N–H and O–H groups in total. The van der Waals surface area contributed by atoms with Gasteiger partial charge in [0.2, 0.25) is 10.0 Å². The number of sulfonamides is 1. The number of carbonyl (C=O) groups excluding carboxylic acids is 1. The lowest BCUT2D eigenvalue weighted by Crippen LogP contribution is -2.27. The van der Waals surface area contributed by atoms with Crippen molar-refractivity contribution in [2.45, 2.75) is 17.9 Å². The quantitative estimate of drug-likeness (QED) is 0.594. The van der Waals surface area contributed by atoms with Crippen molar-refractivity contribution in [1.82, 2.24) is 9.29 Å². The van der Waals surface area contributed by atoms with Crippen molar-refractivity contribution >= 4 is 32.4 Å². The lowest BCUT2D eigenvalue weighted by molar-refractivity contribution is 0.0977. The molecule has 0 fully saturated rings. The van der Waals surface area contributed by atoms with Crippen molar-refractivity contribution in [3.8, 4) is 5.75 Å². The topological polar surface area (TPSA) is 91.5 Å². The summed E-state index contributed by atoms with van der Waals surface area (Å²) in [6.45, 7) is 1.74. The van der Waals surface area contributed by atoms with Crippen molar-refractivity contribution < 1.29 is 17.9 Å². The fraction of sp³-hybridized carbons (Fsp3) is 0.250.